The molecule has 17 heavy (non-hydrogen) atoms. The number of rotatable bonds is 2. The summed E-state index contributed by atoms with van der Waals surface area (Å²) in [5.41, 5.74) is 0.405. The first-order valence-corrected chi connectivity index (χ1v) is 5.65. The zero-order chi connectivity index (χ0) is 12.3. The predicted molar refractivity (Wildman–Crippen MR) is 67.0 cm³/mol. The van der Waals surface area contributed by atoms with Crippen LogP contribution in [0.25, 0.3) is 0 Å². The highest BCUT2D eigenvalue weighted by atomic mass is 79.9. The van der Waals surface area contributed by atoms with Crippen molar-refractivity contribution in [1.29, 1.82) is 5.26 Å². The summed E-state index contributed by atoms with van der Waals surface area (Å²) in [6.07, 6.45) is 0. The van der Waals surface area contributed by atoms with E-state index in [4.69, 9.17) is 10.00 Å². The van der Waals surface area contributed by atoms with Gasteiger partial charge in [-0.15, -0.1) is 0 Å². The van der Waals surface area contributed by atoms with Crippen LogP contribution in [0.3, 0.4) is 0 Å². The maximum Gasteiger partial charge on any atom is 0.169 e. The minimum atomic E-state index is 0.0410. The van der Waals surface area contributed by atoms with Gasteiger partial charge in [-0.25, -0.2) is 0 Å². The highest BCUT2D eigenvalue weighted by Crippen LogP contribution is 2.32. The van der Waals surface area contributed by atoms with Crippen molar-refractivity contribution in [2.45, 2.75) is 0 Å². The first-order valence-electron chi connectivity index (χ1n) is 4.86. The van der Waals surface area contributed by atoms with Crippen LogP contribution in [-0.4, -0.2) is 5.11 Å². The van der Waals surface area contributed by atoms with Crippen LogP contribution in [-0.2, 0) is 0 Å². The Morgan fingerprint density at radius 2 is 1.88 bits per heavy atom. The molecule has 0 amide bonds. The summed E-state index contributed by atoms with van der Waals surface area (Å²) in [6, 6.07) is 13.8. The molecule has 0 bridgehead atoms. The third-order valence-corrected chi connectivity index (χ3v) is 2.64. The molecule has 2 aromatic carbocycles. The molecule has 0 aliphatic heterocycles. The molecular formula is C13H8BrNO2. The lowest BCUT2D eigenvalue weighted by atomic mass is 10.2. The summed E-state index contributed by atoms with van der Waals surface area (Å²) < 4.78 is 6.30. The molecule has 84 valence electrons. The molecule has 4 heteroatoms. The fraction of sp³-hybridized carbons (Fsp3) is 0. The van der Waals surface area contributed by atoms with Crippen LogP contribution in [0.5, 0.6) is 17.2 Å². The number of hydrogen-bond donors (Lipinski definition) is 1. The van der Waals surface area contributed by atoms with E-state index >= 15 is 0 Å². The molecule has 0 saturated heterocycles. The van der Waals surface area contributed by atoms with Gasteiger partial charge in [-0.2, -0.15) is 5.26 Å². The van der Waals surface area contributed by atoms with Crippen molar-refractivity contribution in [1.82, 2.24) is 0 Å². The average Bonchev–Trinajstić information content (AvgIpc) is 2.34. The van der Waals surface area contributed by atoms with Crippen LogP contribution in [0.4, 0.5) is 0 Å². The van der Waals surface area contributed by atoms with E-state index in [0.29, 0.717) is 17.1 Å². The SMILES string of the molecule is N#Cc1cc(Br)ccc1Oc1ccccc1O. The molecule has 0 fully saturated rings. The third-order valence-electron chi connectivity index (χ3n) is 2.15. The molecule has 0 aromatic heterocycles. The highest BCUT2D eigenvalue weighted by Gasteiger charge is 2.07. The Kier molecular flexibility index (Phi) is 3.31. The highest BCUT2D eigenvalue weighted by molar-refractivity contribution is 9.10. The summed E-state index contributed by atoms with van der Waals surface area (Å²) >= 11 is 3.28. The van der Waals surface area contributed by atoms with Gasteiger partial charge in [0.1, 0.15) is 11.8 Å². The van der Waals surface area contributed by atoms with E-state index in [2.05, 4.69) is 15.9 Å². The number of benzene rings is 2. The topological polar surface area (TPSA) is 53.2 Å². The minimum absolute atomic E-state index is 0.0410. The molecule has 0 aliphatic carbocycles. The first-order chi connectivity index (χ1) is 8.20. The first kappa shape index (κ1) is 11.5. The molecule has 0 saturated carbocycles. The molecule has 2 aromatic rings. The van der Waals surface area contributed by atoms with Crippen molar-refractivity contribution in [2.75, 3.05) is 0 Å². The van der Waals surface area contributed by atoms with Gasteiger partial charge in [0.15, 0.2) is 11.5 Å². The normalized spacial score (nSPS) is 9.65. The summed E-state index contributed by atoms with van der Waals surface area (Å²) in [5, 5.41) is 18.5. The van der Waals surface area contributed by atoms with Gasteiger partial charge in [0.2, 0.25) is 0 Å². The Hall–Kier alpha value is -1.99. The summed E-state index contributed by atoms with van der Waals surface area (Å²) in [7, 11) is 0. The second-order valence-corrected chi connectivity index (χ2v) is 4.24. The van der Waals surface area contributed by atoms with Gasteiger partial charge >= 0.3 is 0 Å². The number of hydrogen-bond acceptors (Lipinski definition) is 3. The van der Waals surface area contributed by atoms with E-state index in [1.165, 1.54) is 6.07 Å². The number of nitriles is 1. The molecule has 2 rings (SSSR count). The monoisotopic (exact) mass is 289 g/mol. The fourth-order valence-electron chi connectivity index (χ4n) is 1.34. The van der Waals surface area contributed by atoms with Crippen LogP contribution in [0.15, 0.2) is 46.9 Å². The van der Waals surface area contributed by atoms with Crippen molar-refractivity contribution >= 4 is 15.9 Å². The van der Waals surface area contributed by atoms with E-state index in [9.17, 15) is 5.11 Å². The molecule has 0 aliphatic rings. The lowest BCUT2D eigenvalue weighted by molar-refractivity contribution is 0.410. The molecule has 3 nitrogen and oxygen atoms in total. The zero-order valence-corrected chi connectivity index (χ0v) is 10.3. The lowest BCUT2D eigenvalue weighted by Gasteiger charge is -2.08. The Morgan fingerprint density at radius 3 is 2.59 bits per heavy atom. The standard InChI is InChI=1S/C13H8BrNO2/c14-10-5-6-12(9(7-10)8-15)17-13-4-2-1-3-11(13)16/h1-7,16H. The van der Waals surface area contributed by atoms with Crippen LogP contribution in [0, 0.1) is 11.3 Å². The van der Waals surface area contributed by atoms with Crippen molar-refractivity contribution in [3.05, 3.63) is 52.5 Å². The average molecular weight is 290 g/mol. The smallest absolute Gasteiger partial charge is 0.169 e. The molecule has 0 radical (unpaired) electrons. The molecule has 1 N–H and O–H groups in total. The van der Waals surface area contributed by atoms with E-state index < -0.39 is 0 Å². The number of nitrogens with zero attached hydrogens (tertiary/aromatic N) is 1. The number of para-hydroxylation sites is 2. The van der Waals surface area contributed by atoms with Crippen molar-refractivity contribution in [3.63, 3.8) is 0 Å². The van der Waals surface area contributed by atoms with Gasteiger partial charge in [0.25, 0.3) is 0 Å². The van der Waals surface area contributed by atoms with Gasteiger partial charge in [0, 0.05) is 4.47 Å². The van der Waals surface area contributed by atoms with Crippen LogP contribution >= 0.6 is 15.9 Å². The van der Waals surface area contributed by atoms with Crippen molar-refractivity contribution in [3.8, 4) is 23.3 Å². The van der Waals surface area contributed by atoms with Gasteiger partial charge in [-0.05, 0) is 30.3 Å². The van der Waals surface area contributed by atoms with Gasteiger partial charge in [0.05, 0.1) is 5.56 Å². The lowest BCUT2D eigenvalue weighted by Crippen LogP contribution is -1.88. The minimum Gasteiger partial charge on any atom is -0.504 e. The maximum absolute atomic E-state index is 9.57. The number of phenols is 1. The summed E-state index contributed by atoms with van der Waals surface area (Å²) in [5.74, 6) is 0.780. The Morgan fingerprint density at radius 1 is 1.12 bits per heavy atom. The van der Waals surface area contributed by atoms with Gasteiger partial charge < -0.3 is 9.84 Å². The van der Waals surface area contributed by atoms with Gasteiger partial charge in [-0.1, -0.05) is 28.1 Å². The maximum atomic E-state index is 9.57. The largest absolute Gasteiger partial charge is 0.504 e. The van der Waals surface area contributed by atoms with Crippen LogP contribution in [0.2, 0.25) is 0 Å². The van der Waals surface area contributed by atoms with Crippen LogP contribution in [0.1, 0.15) is 5.56 Å². The van der Waals surface area contributed by atoms with Crippen LogP contribution < -0.4 is 4.74 Å². The fourth-order valence-corrected chi connectivity index (χ4v) is 1.70. The number of ether oxygens (including phenoxy) is 1. The quantitative estimate of drug-likeness (QED) is 0.914. The van der Waals surface area contributed by atoms with Gasteiger partial charge in [-0.3, -0.25) is 0 Å². The number of halogens is 1. The Labute approximate surface area is 107 Å². The molecular weight excluding hydrogens is 282 g/mol. The Bertz CT molecular complexity index is 590. The van der Waals surface area contributed by atoms with E-state index in [0.717, 1.165) is 4.47 Å². The third kappa shape index (κ3) is 2.58. The zero-order valence-electron chi connectivity index (χ0n) is 8.72. The van der Waals surface area contributed by atoms with E-state index in [-0.39, 0.29) is 5.75 Å². The molecule has 0 spiro atoms. The molecule has 0 heterocycles. The molecule has 0 atom stereocenters. The molecule has 0 unspecified atom stereocenters. The number of phenolic OH excluding ortho intramolecular Hbond substituents is 1. The Balaban J connectivity index is 2.37. The summed E-state index contributed by atoms with van der Waals surface area (Å²) in [6.45, 7) is 0. The van der Waals surface area contributed by atoms with Crippen molar-refractivity contribution < 1.29 is 9.84 Å². The van der Waals surface area contributed by atoms with Crippen molar-refractivity contribution in [2.24, 2.45) is 0 Å². The second-order valence-electron chi connectivity index (χ2n) is 3.32. The predicted octanol–water partition coefficient (Wildman–Crippen LogP) is 3.82. The summed E-state index contributed by atoms with van der Waals surface area (Å²) in [4.78, 5) is 0. The number of aromatic hydroxyl groups is 1. The van der Waals surface area contributed by atoms with E-state index in [1.54, 1.807) is 36.4 Å². The van der Waals surface area contributed by atoms with E-state index in [1.807, 2.05) is 6.07 Å². The second kappa shape index (κ2) is 4.89.